The highest BCUT2D eigenvalue weighted by Gasteiger charge is 2.32. The molecule has 1 saturated heterocycles. The van der Waals surface area contributed by atoms with Crippen LogP contribution in [0.15, 0.2) is 24.3 Å². The third-order valence-corrected chi connectivity index (χ3v) is 6.31. The Morgan fingerprint density at radius 3 is 2.21 bits per heavy atom. The van der Waals surface area contributed by atoms with Gasteiger partial charge in [-0.3, -0.25) is 4.79 Å². The molecule has 0 spiro atoms. The summed E-state index contributed by atoms with van der Waals surface area (Å²) < 4.78 is 0. The molecular formula is C22H32ClN3O2. The highest BCUT2D eigenvalue weighted by molar-refractivity contribution is 6.30. The van der Waals surface area contributed by atoms with E-state index in [0.29, 0.717) is 5.92 Å². The van der Waals surface area contributed by atoms with Crippen LogP contribution in [-0.4, -0.2) is 42.0 Å². The number of halogens is 1. The van der Waals surface area contributed by atoms with Crippen LogP contribution in [0.25, 0.3) is 0 Å². The average Bonchev–Trinajstić information content (AvgIpc) is 3.19. The van der Waals surface area contributed by atoms with Crippen molar-refractivity contribution >= 4 is 23.5 Å². The van der Waals surface area contributed by atoms with Crippen LogP contribution in [0.2, 0.25) is 5.02 Å². The zero-order valence-corrected chi connectivity index (χ0v) is 17.7. The van der Waals surface area contributed by atoms with Gasteiger partial charge in [0.25, 0.3) is 0 Å². The average molecular weight is 406 g/mol. The number of benzene rings is 1. The number of amides is 3. The Morgan fingerprint density at radius 1 is 1.04 bits per heavy atom. The highest BCUT2D eigenvalue weighted by atomic mass is 35.5. The number of hydrogen-bond donors (Lipinski definition) is 2. The van der Waals surface area contributed by atoms with Gasteiger partial charge in [0, 0.05) is 24.2 Å². The Bertz CT molecular complexity index is 663. The Kier molecular flexibility index (Phi) is 7.22. The van der Waals surface area contributed by atoms with Crippen molar-refractivity contribution in [3.8, 4) is 0 Å². The molecule has 0 radical (unpaired) electrons. The first-order valence-electron chi connectivity index (χ1n) is 10.6. The lowest BCUT2D eigenvalue weighted by molar-refractivity contribution is -0.135. The van der Waals surface area contributed by atoms with E-state index in [0.717, 1.165) is 43.8 Å². The van der Waals surface area contributed by atoms with Gasteiger partial charge in [0.2, 0.25) is 5.91 Å². The lowest BCUT2D eigenvalue weighted by atomic mass is 9.89. The van der Waals surface area contributed by atoms with Crippen molar-refractivity contribution in [1.82, 2.24) is 15.5 Å². The molecule has 3 rings (SSSR count). The van der Waals surface area contributed by atoms with Gasteiger partial charge in [-0.15, -0.1) is 0 Å². The lowest BCUT2D eigenvalue weighted by Gasteiger charge is -2.35. The van der Waals surface area contributed by atoms with Crippen LogP contribution in [0.3, 0.4) is 0 Å². The van der Waals surface area contributed by atoms with Crippen LogP contribution in [0, 0.1) is 5.92 Å². The first-order chi connectivity index (χ1) is 13.4. The van der Waals surface area contributed by atoms with Crippen molar-refractivity contribution < 1.29 is 9.59 Å². The van der Waals surface area contributed by atoms with Crippen molar-refractivity contribution in [3.05, 3.63) is 34.9 Å². The summed E-state index contributed by atoms with van der Waals surface area (Å²) in [5.41, 5.74) is 1.28. The Balaban J connectivity index is 1.53. The molecule has 6 heteroatoms. The second kappa shape index (κ2) is 9.64. The molecule has 1 aromatic rings. The van der Waals surface area contributed by atoms with Gasteiger partial charge in [0.1, 0.15) is 6.04 Å². The first-order valence-corrected chi connectivity index (χ1v) is 10.9. The second-order valence-electron chi connectivity index (χ2n) is 8.47. The van der Waals surface area contributed by atoms with Gasteiger partial charge in [-0.05, 0) is 55.2 Å². The maximum atomic E-state index is 13.1. The molecule has 2 N–H and O–H groups in total. The molecule has 2 aliphatic rings. The van der Waals surface area contributed by atoms with Crippen LogP contribution in [0.5, 0.6) is 0 Å². The molecule has 1 aromatic carbocycles. The van der Waals surface area contributed by atoms with Gasteiger partial charge in [-0.1, -0.05) is 50.4 Å². The molecule has 5 nitrogen and oxygen atoms in total. The largest absolute Gasteiger partial charge is 0.341 e. The van der Waals surface area contributed by atoms with E-state index in [1.807, 2.05) is 30.9 Å². The number of urea groups is 1. The minimum atomic E-state index is -0.478. The molecule has 3 amide bonds. The molecule has 1 aliphatic heterocycles. The molecular weight excluding hydrogens is 374 g/mol. The summed E-state index contributed by atoms with van der Waals surface area (Å²) in [7, 11) is 0. The van der Waals surface area contributed by atoms with E-state index < -0.39 is 6.04 Å². The van der Waals surface area contributed by atoms with Gasteiger partial charge in [0.05, 0.1) is 0 Å². The smallest absolute Gasteiger partial charge is 0.315 e. The van der Waals surface area contributed by atoms with E-state index >= 15 is 0 Å². The minimum Gasteiger partial charge on any atom is -0.341 e. The molecule has 0 aromatic heterocycles. The van der Waals surface area contributed by atoms with Crippen LogP contribution in [-0.2, 0) is 4.79 Å². The summed E-state index contributed by atoms with van der Waals surface area (Å²) in [6, 6.07) is 7.57. The third kappa shape index (κ3) is 5.40. The predicted octanol–water partition coefficient (Wildman–Crippen LogP) is 4.31. The summed E-state index contributed by atoms with van der Waals surface area (Å²) in [4.78, 5) is 27.3. The number of carbonyl (C=O) groups is 2. The standard InChI is InChI=1S/C22H32ClN3O2/c1-15(2)20(25-22(28)24-19-5-3-4-6-19)21(27)26-13-11-17(12-14-26)16-7-9-18(23)10-8-16/h7-10,15,17,19-20H,3-6,11-14H2,1-2H3,(H2,24,25,28). The molecule has 154 valence electrons. The number of piperidine rings is 1. The molecule has 1 heterocycles. The van der Waals surface area contributed by atoms with Gasteiger partial charge >= 0.3 is 6.03 Å². The highest BCUT2D eigenvalue weighted by Crippen LogP contribution is 2.29. The van der Waals surface area contributed by atoms with Crippen molar-refractivity contribution in [2.75, 3.05) is 13.1 Å². The lowest BCUT2D eigenvalue weighted by Crippen LogP contribution is -2.55. The third-order valence-electron chi connectivity index (χ3n) is 6.06. The molecule has 1 atom stereocenters. The number of hydrogen-bond acceptors (Lipinski definition) is 2. The van der Waals surface area contributed by atoms with Crippen molar-refractivity contribution in [1.29, 1.82) is 0 Å². The zero-order chi connectivity index (χ0) is 20.1. The fraction of sp³-hybridized carbons (Fsp3) is 0.636. The molecule has 1 aliphatic carbocycles. The van der Waals surface area contributed by atoms with Crippen LogP contribution < -0.4 is 10.6 Å². The van der Waals surface area contributed by atoms with E-state index in [2.05, 4.69) is 22.8 Å². The summed E-state index contributed by atoms with van der Waals surface area (Å²) in [5.74, 6) is 0.541. The van der Waals surface area contributed by atoms with Crippen LogP contribution in [0.4, 0.5) is 4.79 Å². The summed E-state index contributed by atoms with van der Waals surface area (Å²) in [6.07, 6.45) is 6.27. The predicted molar refractivity (Wildman–Crippen MR) is 113 cm³/mol. The molecule has 1 saturated carbocycles. The maximum Gasteiger partial charge on any atom is 0.315 e. The monoisotopic (exact) mass is 405 g/mol. The molecule has 0 bridgehead atoms. The van der Waals surface area contributed by atoms with E-state index in [1.54, 1.807) is 0 Å². The van der Waals surface area contributed by atoms with Crippen molar-refractivity contribution in [3.63, 3.8) is 0 Å². The number of likely N-dealkylation sites (tertiary alicyclic amines) is 1. The quantitative estimate of drug-likeness (QED) is 0.766. The maximum absolute atomic E-state index is 13.1. The molecule has 28 heavy (non-hydrogen) atoms. The van der Waals surface area contributed by atoms with E-state index in [9.17, 15) is 9.59 Å². The van der Waals surface area contributed by atoms with Gasteiger partial charge in [-0.2, -0.15) is 0 Å². The summed E-state index contributed by atoms with van der Waals surface area (Å²) in [6.45, 7) is 5.42. The number of nitrogens with zero attached hydrogens (tertiary/aromatic N) is 1. The topological polar surface area (TPSA) is 61.4 Å². The van der Waals surface area contributed by atoms with Crippen LogP contribution in [0.1, 0.15) is 63.9 Å². The number of rotatable bonds is 5. The van der Waals surface area contributed by atoms with Crippen molar-refractivity contribution in [2.24, 2.45) is 5.92 Å². The van der Waals surface area contributed by atoms with E-state index in [4.69, 9.17) is 11.6 Å². The normalized spacial score (nSPS) is 19.6. The van der Waals surface area contributed by atoms with Gasteiger partial charge in [-0.25, -0.2) is 4.79 Å². The van der Waals surface area contributed by atoms with Gasteiger partial charge < -0.3 is 15.5 Å². The van der Waals surface area contributed by atoms with E-state index in [1.165, 1.54) is 18.4 Å². The number of carbonyl (C=O) groups excluding carboxylic acids is 2. The Hall–Kier alpha value is -1.75. The second-order valence-corrected chi connectivity index (χ2v) is 8.91. The fourth-order valence-electron chi connectivity index (χ4n) is 4.32. The summed E-state index contributed by atoms with van der Waals surface area (Å²) >= 11 is 5.98. The Morgan fingerprint density at radius 2 is 1.64 bits per heavy atom. The Labute approximate surface area is 173 Å². The molecule has 1 unspecified atom stereocenters. The van der Waals surface area contributed by atoms with Gasteiger partial charge in [0.15, 0.2) is 0 Å². The minimum absolute atomic E-state index is 0.0335. The van der Waals surface area contributed by atoms with E-state index in [-0.39, 0.29) is 23.9 Å². The SMILES string of the molecule is CC(C)C(NC(=O)NC1CCCC1)C(=O)N1CCC(c2ccc(Cl)cc2)CC1. The summed E-state index contributed by atoms with van der Waals surface area (Å²) in [5, 5.41) is 6.71. The fourth-order valence-corrected chi connectivity index (χ4v) is 4.44. The van der Waals surface area contributed by atoms with Crippen molar-refractivity contribution in [2.45, 2.75) is 70.4 Å². The first kappa shape index (κ1) is 21.0. The van der Waals surface area contributed by atoms with Crippen LogP contribution >= 0.6 is 11.6 Å². The number of nitrogens with one attached hydrogen (secondary N) is 2. The zero-order valence-electron chi connectivity index (χ0n) is 16.9. The molecule has 2 fully saturated rings.